The van der Waals surface area contributed by atoms with E-state index in [4.69, 9.17) is 0 Å². The molecule has 1 aromatic heterocycles. The van der Waals surface area contributed by atoms with Crippen LogP contribution in [0, 0.1) is 0 Å². The van der Waals surface area contributed by atoms with E-state index in [1.807, 2.05) is 0 Å². The lowest BCUT2D eigenvalue weighted by Crippen LogP contribution is -2.46. The summed E-state index contributed by atoms with van der Waals surface area (Å²) in [6, 6.07) is 0. The molecule has 1 fully saturated rings. The molecule has 1 aliphatic rings. The Bertz CT molecular complexity index is 380. The molecular weight excluding hydrogens is 206 g/mol. The van der Waals surface area contributed by atoms with E-state index in [1.165, 1.54) is 10.5 Å². The highest BCUT2D eigenvalue weighted by atomic mass is 32.2. The number of sulfonamides is 1. The number of hydrogen-bond acceptors (Lipinski definition) is 5. The molecule has 0 unspecified atom stereocenters. The smallest absolute Gasteiger partial charge is 0.264 e. The first-order valence-corrected chi connectivity index (χ1v) is 5.72. The highest BCUT2D eigenvalue weighted by Crippen LogP contribution is 2.11. The molecule has 14 heavy (non-hydrogen) atoms. The normalized spacial score (nSPS) is 19.7. The quantitative estimate of drug-likeness (QED) is 0.622. The molecule has 2 N–H and O–H groups in total. The minimum Gasteiger partial charge on any atom is -0.314 e. The Kier molecular flexibility index (Phi) is 2.48. The molecule has 0 atom stereocenters. The van der Waals surface area contributed by atoms with Crippen LogP contribution >= 0.6 is 0 Å². The van der Waals surface area contributed by atoms with Crippen LogP contribution in [-0.4, -0.2) is 54.3 Å². The van der Waals surface area contributed by atoms with E-state index in [2.05, 4.69) is 20.7 Å². The van der Waals surface area contributed by atoms with E-state index in [9.17, 15) is 8.42 Å². The molecule has 2 rings (SSSR count). The van der Waals surface area contributed by atoms with Crippen molar-refractivity contribution in [1.29, 1.82) is 0 Å². The molecule has 7 nitrogen and oxygen atoms in total. The molecule has 0 saturated carbocycles. The van der Waals surface area contributed by atoms with Gasteiger partial charge in [-0.15, -0.1) is 5.10 Å². The number of H-pyrrole nitrogens is 1. The first-order chi connectivity index (χ1) is 6.71. The average molecular weight is 217 g/mol. The summed E-state index contributed by atoms with van der Waals surface area (Å²) >= 11 is 0. The van der Waals surface area contributed by atoms with Crippen LogP contribution in [0.3, 0.4) is 0 Å². The Morgan fingerprint density at radius 2 is 2.07 bits per heavy atom. The highest BCUT2D eigenvalue weighted by Gasteiger charge is 2.27. The molecule has 1 aromatic rings. The Morgan fingerprint density at radius 3 is 2.64 bits per heavy atom. The second-order valence-corrected chi connectivity index (χ2v) is 4.85. The molecule has 0 aliphatic carbocycles. The van der Waals surface area contributed by atoms with Crippen molar-refractivity contribution >= 4 is 10.0 Å². The lowest BCUT2D eigenvalue weighted by molar-refractivity contribution is 0.359. The fourth-order valence-corrected chi connectivity index (χ4v) is 2.60. The van der Waals surface area contributed by atoms with Crippen LogP contribution in [0.2, 0.25) is 0 Å². The number of aromatic nitrogens is 3. The summed E-state index contributed by atoms with van der Waals surface area (Å²) in [6.45, 7) is 2.32. The number of hydrogen-bond donors (Lipinski definition) is 2. The van der Waals surface area contributed by atoms with Crippen LogP contribution in [0.5, 0.6) is 0 Å². The van der Waals surface area contributed by atoms with Crippen LogP contribution < -0.4 is 5.32 Å². The van der Waals surface area contributed by atoms with Crippen LogP contribution in [-0.2, 0) is 10.0 Å². The molecule has 0 bridgehead atoms. The van der Waals surface area contributed by atoms with Gasteiger partial charge in [-0.1, -0.05) is 0 Å². The molecule has 0 amide bonds. The minimum atomic E-state index is -3.43. The maximum Gasteiger partial charge on any atom is 0.264 e. The number of aromatic amines is 1. The zero-order valence-corrected chi connectivity index (χ0v) is 8.29. The fraction of sp³-hybridized carbons (Fsp3) is 0.667. The predicted molar refractivity (Wildman–Crippen MR) is 48.0 cm³/mol. The van der Waals surface area contributed by atoms with Crippen molar-refractivity contribution in [2.45, 2.75) is 5.03 Å². The second-order valence-electron chi connectivity index (χ2n) is 2.96. The third-order valence-corrected chi connectivity index (χ3v) is 3.84. The number of nitrogens with one attached hydrogen (secondary N) is 2. The molecule has 2 heterocycles. The molecule has 0 spiro atoms. The fourth-order valence-electron chi connectivity index (χ4n) is 1.33. The third kappa shape index (κ3) is 1.63. The molecule has 1 saturated heterocycles. The molecule has 78 valence electrons. The van der Waals surface area contributed by atoms with Crippen molar-refractivity contribution in [2.24, 2.45) is 0 Å². The van der Waals surface area contributed by atoms with Crippen LogP contribution in [0.15, 0.2) is 11.2 Å². The van der Waals surface area contributed by atoms with E-state index in [-0.39, 0.29) is 5.03 Å². The third-order valence-electron chi connectivity index (χ3n) is 2.07. The Balaban J connectivity index is 2.23. The van der Waals surface area contributed by atoms with Crippen molar-refractivity contribution in [3.63, 3.8) is 0 Å². The van der Waals surface area contributed by atoms with Gasteiger partial charge in [0.15, 0.2) is 0 Å². The number of piperazine rings is 1. The lowest BCUT2D eigenvalue weighted by atomic mass is 10.4. The van der Waals surface area contributed by atoms with E-state index in [0.717, 1.165) is 0 Å². The van der Waals surface area contributed by atoms with Gasteiger partial charge in [0.1, 0.15) is 0 Å². The first kappa shape index (κ1) is 9.56. The van der Waals surface area contributed by atoms with Gasteiger partial charge in [0, 0.05) is 26.2 Å². The lowest BCUT2D eigenvalue weighted by Gasteiger charge is -2.25. The van der Waals surface area contributed by atoms with Gasteiger partial charge in [0.25, 0.3) is 10.0 Å². The van der Waals surface area contributed by atoms with Gasteiger partial charge in [0.05, 0.1) is 6.20 Å². The second kappa shape index (κ2) is 3.64. The molecule has 0 radical (unpaired) electrons. The van der Waals surface area contributed by atoms with Crippen molar-refractivity contribution < 1.29 is 8.42 Å². The summed E-state index contributed by atoms with van der Waals surface area (Å²) in [5.41, 5.74) is 0. The van der Waals surface area contributed by atoms with Gasteiger partial charge in [-0.25, -0.2) is 8.42 Å². The van der Waals surface area contributed by atoms with Gasteiger partial charge < -0.3 is 5.32 Å². The largest absolute Gasteiger partial charge is 0.314 e. The standard InChI is InChI=1S/C6H11N5O2S/c12-14(13,6-5-8-10-9-6)11-3-1-7-2-4-11/h5,7H,1-4H2,(H,8,9,10). The summed E-state index contributed by atoms with van der Waals surface area (Å²) in [7, 11) is -3.43. The van der Waals surface area contributed by atoms with Crippen molar-refractivity contribution in [2.75, 3.05) is 26.2 Å². The molecule has 8 heteroatoms. The van der Waals surface area contributed by atoms with Crippen LogP contribution in [0.4, 0.5) is 0 Å². The van der Waals surface area contributed by atoms with E-state index >= 15 is 0 Å². The van der Waals surface area contributed by atoms with Gasteiger partial charge in [0.2, 0.25) is 5.03 Å². The van der Waals surface area contributed by atoms with Gasteiger partial charge in [-0.05, 0) is 0 Å². The maximum atomic E-state index is 11.8. The monoisotopic (exact) mass is 217 g/mol. The summed E-state index contributed by atoms with van der Waals surface area (Å²) in [4.78, 5) is 0. The summed E-state index contributed by atoms with van der Waals surface area (Å²) in [6.07, 6.45) is 1.22. The van der Waals surface area contributed by atoms with Crippen LogP contribution in [0.1, 0.15) is 0 Å². The summed E-state index contributed by atoms with van der Waals surface area (Å²) in [5, 5.41) is 12.4. The molecule has 0 aromatic carbocycles. The zero-order chi connectivity index (χ0) is 10.0. The van der Waals surface area contributed by atoms with Crippen molar-refractivity contribution in [3.8, 4) is 0 Å². The number of rotatable bonds is 2. The van der Waals surface area contributed by atoms with Gasteiger partial charge >= 0.3 is 0 Å². The SMILES string of the molecule is O=S(=O)(c1cn[nH]n1)N1CCNCC1. The minimum absolute atomic E-state index is 0.0144. The average Bonchev–Trinajstić information content (AvgIpc) is 2.72. The Labute approximate surface area is 81.5 Å². The summed E-state index contributed by atoms with van der Waals surface area (Å²) < 4.78 is 25.1. The number of nitrogens with zero attached hydrogens (tertiary/aromatic N) is 3. The topological polar surface area (TPSA) is 91.0 Å². The van der Waals surface area contributed by atoms with Crippen molar-refractivity contribution in [3.05, 3.63) is 6.20 Å². The predicted octanol–water partition coefficient (Wildman–Crippen LogP) is -1.60. The Morgan fingerprint density at radius 1 is 1.36 bits per heavy atom. The van der Waals surface area contributed by atoms with Gasteiger partial charge in [-0.2, -0.15) is 14.6 Å². The van der Waals surface area contributed by atoms with Crippen LogP contribution in [0.25, 0.3) is 0 Å². The summed E-state index contributed by atoms with van der Waals surface area (Å²) in [5.74, 6) is 0. The Hall–Kier alpha value is -0.990. The van der Waals surface area contributed by atoms with E-state index in [0.29, 0.717) is 26.2 Å². The highest BCUT2D eigenvalue weighted by molar-refractivity contribution is 7.89. The van der Waals surface area contributed by atoms with Gasteiger partial charge in [-0.3, -0.25) is 0 Å². The molecule has 1 aliphatic heterocycles. The maximum absolute atomic E-state index is 11.8. The van der Waals surface area contributed by atoms with E-state index in [1.54, 1.807) is 0 Å². The first-order valence-electron chi connectivity index (χ1n) is 4.28. The van der Waals surface area contributed by atoms with E-state index < -0.39 is 10.0 Å². The van der Waals surface area contributed by atoms with Crippen molar-refractivity contribution in [1.82, 2.24) is 25.0 Å². The molecular formula is C6H11N5O2S. The zero-order valence-electron chi connectivity index (χ0n) is 7.47.